The predicted octanol–water partition coefficient (Wildman–Crippen LogP) is 1.53. The Morgan fingerprint density at radius 1 is 1.50 bits per heavy atom. The SMILES string of the molecule is O=S(=O)(c1cnc[nH]1)N1CCCC1c1ccco1. The zero-order valence-corrected chi connectivity index (χ0v) is 10.4. The molecule has 2 aromatic rings. The summed E-state index contributed by atoms with van der Waals surface area (Å²) in [6.07, 6.45) is 5.87. The smallest absolute Gasteiger partial charge is 0.260 e. The Morgan fingerprint density at radius 3 is 3.06 bits per heavy atom. The van der Waals surface area contributed by atoms with Gasteiger partial charge in [0.1, 0.15) is 5.76 Å². The summed E-state index contributed by atoms with van der Waals surface area (Å²) in [7, 11) is -3.52. The Kier molecular flexibility index (Phi) is 2.71. The molecule has 1 fully saturated rings. The average Bonchev–Trinajstić information content (AvgIpc) is 3.11. The Balaban J connectivity index is 1.97. The molecule has 0 spiro atoms. The molecule has 96 valence electrons. The third kappa shape index (κ3) is 1.75. The van der Waals surface area contributed by atoms with E-state index in [2.05, 4.69) is 9.97 Å². The molecule has 1 atom stereocenters. The van der Waals surface area contributed by atoms with Crippen LogP contribution in [0, 0.1) is 0 Å². The molecule has 0 bridgehead atoms. The fraction of sp³-hybridized carbons (Fsp3) is 0.364. The molecule has 3 heterocycles. The maximum atomic E-state index is 12.4. The third-order valence-electron chi connectivity index (χ3n) is 3.14. The molecule has 1 saturated heterocycles. The van der Waals surface area contributed by atoms with Crippen LogP contribution in [-0.2, 0) is 10.0 Å². The average molecular weight is 267 g/mol. The van der Waals surface area contributed by atoms with Gasteiger partial charge in [-0.05, 0) is 25.0 Å². The van der Waals surface area contributed by atoms with Crippen molar-refractivity contribution in [1.82, 2.24) is 14.3 Å². The van der Waals surface area contributed by atoms with E-state index in [9.17, 15) is 8.42 Å². The van der Waals surface area contributed by atoms with Crippen molar-refractivity contribution in [2.24, 2.45) is 0 Å². The van der Waals surface area contributed by atoms with Crippen molar-refractivity contribution in [2.45, 2.75) is 23.9 Å². The highest BCUT2D eigenvalue weighted by atomic mass is 32.2. The van der Waals surface area contributed by atoms with Crippen LogP contribution < -0.4 is 0 Å². The molecule has 1 aliphatic rings. The first-order valence-corrected chi connectivity index (χ1v) is 7.17. The van der Waals surface area contributed by atoms with Gasteiger partial charge in [-0.3, -0.25) is 0 Å². The molecule has 6 nitrogen and oxygen atoms in total. The molecule has 0 aromatic carbocycles. The fourth-order valence-electron chi connectivity index (χ4n) is 2.30. The lowest BCUT2D eigenvalue weighted by molar-refractivity contribution is 0.339. The molecule has 3 rings (SSSR count). The highest BCUT2D eigenvalue weighted by Crippen LogP contribution is 2.36. The number of furan rings is 1. The van der Waals surface area contributed by atoms with Gasteiger partial charge in [-0.2, -0.15) is 4.31 Å². The van der Waals surface area contributed by atoms with Crippen molar-refractivity contribution >= 4 is 10.0 Å². The summed E-state index contributed by atoms with van der Waals surface area (Å²) in [6.45, 7) is 0.507. The van der Waals surface area contributed by atoms with Crippen LogP contribution in [0.25, 0.3) is 0 Å². The van der Waals surface area contributed by atoms with E-state index in [1.807, 2.05) is 6.07 Å². The van der Waals surface area contributed by atoms with Crippen molar-refractivity contribution in [1.29, 1.82) is 0 Å². The normalized spacial score (nSPS) is 21.4. The first-order chi connectivity index (χ1) is 8.69. The van der Waals surface area contributed by atoms with Crippen molar-refractivity contribution < 1.29 is 12.8 Å². The number of aromatic nitrogens is 2. The molecular formula is C11H13N3O3S. The minimum absolute atomic E-state index is 0.126. The monoisotopic (exact) mass is 267 g/mol. The van der Waals surface area contributed by atoms with Gasteiger partial charge in [0.15, 0.2) is 5.03 Å². The second-order valence-electron chi connectivity index (χ2n) is 4.21. The lowest BCUT2D eigenvalue weighted by Crippen LogP contribution is -2.30. The van der Waals surface area contributed by atoms with Gasteiger partial charge in [-0.1, -0.05) is 0 Å². The van der Waals surface area contributed by atoms with Crippen LogP contribution in [0.4, 0.5) is 0 Å². The van der Waals surface area contributed by atoms with Crippen LogP contribution in [0.3, 0.4) is 0 Å². The van der Waals surface area contributed by atoms with Crippen molar-refractivity contribution in [3.05, 3.63) is 36.7 Å². The second kappa shape index (κ2) is 4.25. The first-order valence-electron chi connectivity index (χ1n) is 5.73. The van der Waals surface area contributed by atoms with E-state index >= 15 is 0 Å². The predicted molar refractivity (Wildman–Crippen MR) is 63.2 cm³/mol. The van der Waals surface area contributed by atoms with E-state index in [0.29, 0.717) is 12.3 Å². The van der Waals surface area contributed by atoms with Crippen LogP contribution in [0.2, 0.25) is 0 Å². The van der Waals surface area contributed by atoms with E-state index in [1.165, 1.54) is 16.8 Å². The number of nitrogens with one attached hydrogen (secondary N) is 1. The van der Waals surface area contributed by atoms with Gasteiger partial charge in [-0.25, -0.2) is 13.4 Å². The van der Waals surface area contributed by atoms with Gasteiger partial charge in [0.2, 0.25) is 0 Å². The van der Waals surface area contributed by atoms with Crippen LogP contribution in [-0.4, -0.2) is 29.2 Å². The van der Waals surface area contributed by atoms with E-state index < -0.39 is 10.0 Å². The van der Waals surface area contributed by atoms with Gasteiger partial charge >= 0.3 is 0 Å². The standard InChI is InChI=1S/C11H13N3O3S/c15-18(16,11-7-12-8-13-11)14-5-1-3-9(14)10-4-2-6-17-10/h2,4,6-9H,1,3,5H2,(H,12,13). The Morgan fingerprint density at radius 2 is 2.39 bits per heavy atom. The van der Waals surface area contributed by atoms with E-state index in [1.54, 1.807) is 12.3 Å². The van der Waals surface area contributed by atoms with Gasteiger partial charge in [0.25, 0.3) is 10.0 Å². The Bertz CT molecular complexity index is 604. The number of hydrogen-bond acceptors (Lipinski definition) is 4. The van der Waals surface area contributed by atoms with Crippen LogP contribution >= 0.6 is 0 Å². The topological polar surface area (TPSA) is 79.2 Å². The summed E-state index contributed by atoms with van der Waals surface area (Å²) in [5.41, 5.74) is 0. The molecule has 0 aliphatic carbocycles. The van der Waals surface area contributed by atoms with Crippen LogP contribution in [0.5, 0.6) is 0 Å². The Labute approximate surface area is 105 Å². The second-order valence-corrected chi connectivity index (χ2v) is 6.06. The molecule has 1 aliphatic heterocycles. The van der Waals surface area contributed by atoms with Crippen molar-refractivity contribution in [3.63, 3.8) is 0 Å². The maximum absolute atomic E-state index is 12.4. The van der Waals surface area contributed by atoms with Gasteiger partial charge in [0.05, 0.1) is 24.8 Å². The Hall–Kier alpha value is -1.60. The van der Waals surface area contributed by atoms with E-state index in [4.69, 9.17) is 4.42 Å². The molecule has 1 N–H and O–H groups in total. The number of imidazole rings is 1. The minimum atomic E-state index is -3.52. The fourth-order valence-corrected chi connectivity index (χ4v) is 3.87. The summed E-state index contributed by atoms with van der Waals surface area (Å²) < 4.78 is 31.6. The zero-order chi connectivity index (χ0) is 12.6. The van der Waals surface area contributed by atoms with E-state index in [0.717, 1.165) is 12.8 Å². The van der Waals surface area contributed by atoms with E-state index in [-0.39, 0.29) is 11.1 Å². The molecule has 18 heavy (non-hydrogen) atoms. The molecule has 0 radical (unpaired) electrons. The quantitative estimate of drug-likeness (QED) is 0.914. The van der Waals surface area contributed by atoms with Gasteiger partial charge < -0.3 is 9.40 Å². The van der Waals surface area contributed by atoms with Gasteiger partial charge in [0, 0.05) is 6.54 Å². The summed E-state index contributed by atoms with van der Waals surface area (Å²) in [4.78, 5) is 6.41. The summed E-state index contributed by atoms with van der Waals surface area (Å²) in [6, 6.07) is 3.37. The summed E-state index contributed by atoms with van der Waals surface area (Å²) >= 11 is 0. The number of aromatic amines is 1. The highest BCUT2D eigenvalue weighted by Gasteiger charge is 2.38. The molecular weight excluding hydrogens is 254 g/mol. The van der Waals surface area contributed by atoms with Gasteiger partial charge in [-0.15, -0.1) is 0 Å². The lowest BCUT2D eigenvalue weighted by atomic mass is 10.2. The minimum Gasteiger partial charge on any atom is -0.468 e. The molecule has 0 amide bonds. The number of H-pyrrole nitrogens is 1. The van der Waals surface area contributed by atoms with Crippen LogP contribution in [0.15, 0.2) is 40.4 Å². The third-order valence-corrected chi connectivity index (χ3v) is 4.97. The molecule has 7 heteroatoms. The van der Waals surface area contributed by atoms with Crippen molar-refractivity contribution in [3.8, 4) is 0 Å². The highest BCUT2D eigenvalue weighted by molar-refractivity contribution is 7.89. The van der Waals surface area contributed by atoms with Crippen molar-refractivity contribution in [2.75, 3.05) is 6.54 Å². The first kappa shape index (κ1) is 11.5. The largest absolute Gasteiger partial charge is 0.468 e. The molecule has 0 saturated carbocycles. The zero-order valence-electron chi connectivity index (χ0n) is 9.61. The maximum Gasteiger partial charge on any atom is 0.260 e. The lowest BCUT2D eigenvalue weighted by Gasteiger charge is -2.21. The summed E-state index contributed by atoms with van der Waals surface area (Å²) in [5, 5.41) is 0.126. The number of nitrogens with zero attached hydrogens (tertiary/aromatic N) is 2. The molecule has 2 aromatic heterocycles. The number of sulfonamides is 1. The summed E-state index contributed by atoms with van der Waals surface area (Å²) in [5.74, 6) is 0.690. The number of rotatable bonds is 3. The molecule has 1 unspecified atom stereocenters. The number of hydrogen-bond donors (Lipinski definition) is 1. The van der Waals surface area contributed by atoms with Crippen LogP contribution in [0.1, 0.15) is 24.6 Å².